The Balaban J connectivity index is 2.40. The molecule has 0 unspecified atom stereocenters. The van der Waals surface area contributed by atoms with E-state index in [-0.39, 0.29) is 5.91 Å². The Morgan fingerprint density at radius 1 is 1.27 bits per heavy atom. The zero-order valence-electron chi connectivity index (χ0n) is 8.03. The minimum atomic E-state index is 0.134. The summed E-state index contributed by atoms with van der Waals surface area (Å²) in [5, 5.41) is 9.84. The van der Waals surface area contributed by atoms with Crippen molar-refractivity contribution < 1.29 is 4.79 Å². The molecule has 3 heteroatoms. The van der Waals surface area contributed by atoms with Crippen molar-refractivity contribution in [3.8, 4) is 6.07 Å². The molecule has 0 saturated carbocycles. The average molecular weight is 196 g/mol. The highest BCUT2D eigenvalue weighted by Crippen LogP contribution is 2.26. The molecule has 0 saturated heterocycles. The van der Waals surface area contributed by atoms with Crippen LogP contribution in [0.3, 0.4) is 0 Å². The van der Waals surface area contributed by atoms with Crippen LogP contribution >= 0.6 is 0 Å². The van der Waals surface area contributed by atoms with Crippen molar-refractivity contribution in [3.63, 3.8) is 0 Å². The smallest absolute Gasteiger partial charge is 0.231 e. The van der Waals surface area contributed by atoms with E-state index in [9.17, 15) is 4.79 Å². The summed E-state index contributed by atoms with van der Waals surface area (Å²) in [5.74, 6) is 0.134. The number of aryl methyl sites for hydroxylation is 1. The highest BCUT2D eigenvalue weighted by Gasteiger charge is 2.21. The molecule has 3 rings (SSSR count). The molecular weight excluding hydrogens is 188 g/mol. The van der Waals surface area contributed by atoms with E-state index >= 15 is 0 Å². The van der Waals surface area contributed by atoms with Gasteiger partial charge in [-0.2, -0.15) is 5.26 Å². The van der Waals surface area contributed by atoms with Gasteiger partial charge in [-0.05, 0) is 24.6 Å². The van der Waals surface area contributed by atoms with Crippen molar-refractivity contribution in [3.05, 3.63) is 35.5 Å². The Morgan fingerprint density at radius 2 is 2.13 bits per heavy atom. The number of carbonyl (C=O) groups excluding carboxylic acids is 1. The van der Waals surface area contributed by atoms with E-state index in [0.29, 0.717) is 12.0 Å². The van der Waals surface area contributed by atoms with Gasteiger partial charge in [0, 0.05) is 17.5 Å². The standard InChI is InChI=1S/C12H8N2O/c13-7-8-1-2-9-6-10-3-4-12(15)14(10)11(9)5-8/h1-2,5-6H,3-4H2. The fourth-order valence-electron chi connectivity index (χ4n) is 2.15. The van der Waals surface area contributed by atoms with Gasteiger partial charge in [-0.3, -0.25) is 9.36 Å². The van der Waals surface area contributed by atoms with Crippen LogP contribution < -0.4 is 0 Å². The molecule has 0 atom stereocenters. The maximum atomic E-state index is 11.6. The summed E-state index contributed by atoms with van der Waals surface area (Å²) in [5.41, 5.74) is 2.53. The number of hydrogen-bond acceptors (Lipinski definition) is 2. The molecule has 1 aromatic heterocycles. The topological polar surface area (TPSA) is 45.8 Å². The van der Waals surface area contributed by atoms with Crippen LogP contribution in [-0.2, 0) is 6.42 Å². The quantitative estimate of drug-likeness (QED) is 0.647. The number of nitrogens with zero attached hydrogens (tertiary/aromatic N) is 2. The van der Waals surface area contributed by atoms with Gasteiger partial charge in [0.05, 0.1) is 17.1 Å². The van der Waals surface area contributed by atoms with E-state index in [1.807, 2.05) is 12.1 Å². The number of rotatable bonds is 0. The van der Waals surface area contributed by atoms with Crippen molar-refractivity contribution >= 4 is 16.8 Å². The normalized spacial score (nSPS) is 14.2. The number of nitriles is 1. The van der Waals surface area contributed by atoms with Gasteiger partial charge >= 0.3 is 0 Å². The summed E-state index contributed by atoms with van der Waals surface area (Å²) < 4.78 is 1.73. The van der Waals surface area contributed by atoms with Gasteiger partial charge in [-0.25, -0.2) is 0 Å². The first-order valence-corrected chi connectivity index (χ1v) is 4.87. The molecular formula is C12H8N2O. The SMILES string of the molecule is N#Cc1ccc2cc3n(c2c1)C(=O)CC3. The maximum absolute atomic E-state index is 11.6. The van der Waals surface area contributed by atoms with Crippen LogP contribution in [0.5, 0.6) is 0 Å². The predicted octanol–water partition coefficient (Wildman–Crippen LogP) is 2.10. The third kappa shape index (κ3) is 1.02. The maximum Gasteiger partial charge on any atom is 0.231 e. The molecule has 2 heterocycles. The van der Waals surface area contributed by atoms with E-state index in [0.717, 1.165) is 23.0 Å². The second kappa shape index (κ2) is 2.71. The van der Waals surface area contributed by atoms with Gasteiger partial charge in [0.15, 0.2) is 0 Å². The lowest BCUT2D eigenvalue weighted by Gasteiger charge is -1.98. The summed E-state index contributed by atoms with van der Waals surface area (Å²) in [6, 6.07) is 9.57. The van der Waals surface area contributed by atoms with Gasteiger partial charge in [0.1, 0.15) is 0 Å². The van der Waals surface area contributed by atoms with Crippen molar-refractivity contribution in [1.82, 2.24) is 4.57 Å². The molecule has 0 aliphatic carbocycles. The van der Waals surface area contributed by atoms with Crippen LogP contribution in [0.1, 0.15) is 22.5 Å². The highest BCUT2D eigenvalue weighted by atomic mass is 16.2. The summed E-state index contributed by atoms with van der Waals surface area (Å²) in [4.78, 5) is 11.6. The first-order valence-electron chi connectivity index (χ1n) is 4.87. The third-order valence-electron chi connectivity index (χ3n) is 2.85. The van der Waals surface area contributed by atoms with E-state index in [4.69, 9.17) is 5.26 Å². The molecule has 1 aliphatic heterocycles. The average Bonchev–Trinajstić information content (AvgIpc) is 2.78. The molecule has 15 heavy (non-hydrogen) atoms. The van der Waals surface area contributed by atoms with Gasteiger partial charge in [-0.1, -0.05) is 6.07 Å². The minimum absolute atomic E-state index is 0.134. The summed E-state index contributed by atoms with van der Waals surface area (Å²) in [6.45, 7) is 0. The third-order valence-corrected chi connectivity index (χ3v) is 2.85. The molecule has 0 N–H and O–H groups in total. The number of carbonyl (C=O) groups is 1. The molecule has 0 bridgehead atoms. The molecule has 0 fully saturated rings. The number of aromatic nitrogens is 1. The second-order valence-electron chi connectivity index (χ2n) is 3.75. The predicted molar refractivity (Wildman–Crippen MR) is 55.6 cm³/mol. The Bertz CT molecular complexity index is 616. The fraction of sp³-hybridized carbons (Fsp3) is 0.167. The highest BCUT2D eigenvalue weighted by molar-refractivity contribution is 5.96. The van der Waals surface area contributed by atoms with E-state index < -0.39 is 0 Å². The molecule has 1 aromatic carbocycles. The van der Waals surface area contributed by atoms with Gasteiger partial charge in [-0.15, -0.1) is 0 Å². The molecule has 72 valence electrons. The van der Waals surface area contributed by atoms with Gasteiger partial charge in [0.25, 0.3) is 0 Å². The van der Waals surface area contributed by atoms with Crippen LogP contribution in [0.15, 0.2) is 24.3 Å². The van der Waals surface area contributed by atoms with Crippen LogP contribution in [-0.4, -0.2) is 10.5 Å². The molecule has 3 nitrogen and oxygen atoms in total. The largest absolute Gasteiger partial charge is 0.284 e. The van der Waals surface area contributed by atoms with Crippen LogP contribution in [0, 0.1) is 11.3 Å². The lowest BCUT2D eigenvalue weighted by molar-refractivity contribution is 0.0928. The molecule has 2 aromatic rings. The molecule has 0 radical (unpaired) electrons. The van der Waals surface area contributed by atoms with Crippen molar-refractivity contribution in [2.24, 2.45) is 0 Å². The number of hydrogen-bond donors (Lipinski definition) is 0. The van der Waals surface area contributed by atoms with Crippen LogP contribution in [0.25, 0.3) is 10.9 Å². The summed E-state index contributed by atoms with van der Waals surface area (Å²) in [7, 11) is 0. The lowest BCUT2D eigenvalue weighted by atomic mass is 10.1. The Kier molecular flexibility index (Phi) is 1.49. The van der Waals surface area contributed by atoms with Crippen molar-refractivity contribution in [2.75, 3.05) is 0 Å². The fourth-order valence-corrected chi connectivity index (χ4v) is 2.15. The van der Waals surface area contributed by atoms with Gasteiger partial charge in [0.2, 0.25) is 5.91 Å². The summed E-state index contributed by atoms with van der Waals surface area (Å²) >= 11 is 0. The molecule has 0 amide bonds. The zero-order chi connectivity index (χ0) is 10.4. The van der Waals surface area contributed by atoms with Crippen molar-refractivity contribution in [2.45, 2.75) is 12.8 Å². The molecule has 1 aliphatic rings. The summed E-state index contributed by atoms with van der Waals surface area (Å²) in [6.07, 6.45) is 1.40. The monoisotopic (exact) mass is 196 g/mol. The number of benzene rings is 1. The Labute approximate surface area is 86.5 Å². The Morgan fingerprint density at radius 3 is 2.93 bits per heavy atom. The van der Waals surface area contributed by atoms with Crippen LogP contribution in [0.4, 0.5) is 0 Å². The van der Waals surface area contributed by atoms with E-state index in [1.165, 1.54) is 0 Å². The van der Waals surface area contributed by atoms with E-state index in [1.54, 1.807) is 16.7 Å². The first kappa shape index (κ1) is 8.25. The van der Waals surface area contributed by atoms with E-state index in [2.05, 4.69) is 6.07 Å². The first-order chi connectivity index (χ1) is 7.29. The lowest BCUT2D eigenvalue weighted by Crippen LogP contribution is -2.02. The Hall–Kier alpha value is -2.08. The van der Waals surface area contributed by atoms with Crippen molar-refractivity contribution in [1.29, 1.82) is 5.26 Å². The molecule has 0 spiro atoms. The second-order valence-corrected chi connectivity index (χ2v) is 3.75. The van der Waals surface area contributed by atoms with Gasteiger partial charge < -0.3 is 0 Å². The minimum Gasteiger partial charge on any atom is -0.284 e. The van der Waals surface area contributed by atoms with Crippen LogP contribution in [0.2, 0.25) is 0 Å². The zero-order valence-corrected chi connectivity index (χ0v) is 8.03. The number of fused-ring (bicyclic) bond motifs is 3.